The zero-order valence-corrected chi connectivity index (χ0v) is 15.3. The van der Waals surface area contributed by atoms with Crippen LogP contribution in [-0.4, -0.2) is 17.5 Å². The highest BCUT2D eigenvalue weighted by atomic mass is 35.5. The first-order chi connectivity index (χ1) is 13.1. The van der Waals surface area contributed by atoms with Crippen LogP contribution >= 0.6 is 11.6 Å². The second kappa shape index (κ2) is 7.41. The predicted molar refractivity (Wildman–Crippen MR) is 106 cm³/mol. The number of fused-ring (bicyclic) bond motifs is 1. The first-order valence-corrected chi connectivity index (χ1v) is 9.16. The summed E-state index contributed by atoms with van der Waals surface area (Å²) in [5.74, 6) is -0.334. The van der Waals surface area contributed by atoms with Gasteiger partial charge in [0.1, 0.15) is 5.82 Å². The molecule has 1 unspecified atom stereocenters. The maximum absolute atomic E-state index is 13.1. The van der Waals surface area contributed by atoms with E-state index in [4.69, 9.17) is 11.6 Å². The van der Waals surface area contributed by atoms with Crippen LogP contribution < -0.4 is 5.32 Å². The van der Waals surface area contributed by atoms with Crippen LogP contribution in [0.4, 0.5) is 14.9 Å². The first-order valence-electron chi connectivity index (χ1n) is 8.78. The maximum Gasteiger partial charge on any atom is 0.322 e. The Morgan fingerprint density at radius 3 is 2.44 bits per heavy atom. The fraction of sp³-hybridized carbons (Fsp3) is 0.136. The first kappa shape index (κ1) is 17.6. The normalized spacial score (nSPS) is 15.9. The summed E-state index contributed by atoms with van der Waals surface area (Å²) in [5.41, 5.74) is 3.92. The summed E-state index contributed by atoms with van der Waals surface area (Å²) in [6.45, 7) is 0.595. The maximum atomic E-state index is 13.1. The van der Waals surface area contributed by atoms with Gasteiger partial charge in [0.05, 0.1) is 6.04 Å². The Labute approximate surface area is 162 Å². The van der Waals surface area contributed by atoms with Crippen LogP contribution in [0.2, 0.25) is 5.02 Å². The summed E-state index contributed by atoms with van der Waals surface area (Å²) in [6, 6.07) is 21.1. The van der Waals surface area contributed by atoms with E-state index in [1.807, 2.05) is 41.3 Å². The molecule has 0 spiro atoms. The molecule has 27 heavy (non-hydrogen) atoms. The van der Waals surface area contributed by atoms with E-state index in [9.17, 15) is 9.18 Å². The summed E-state index contributed by atoms with van der Waals surface area (Å²) in [6.07, 6.45) is 0.789. The number of hydrogen-bond donors (Lipinski definition) is 1. The quantitative estimate of drug-likeness (QED) is 0.611. The van der Waals surface area contributed by atoms with Crippen molar-refractivity contribution in [3.63, 3.8) is 0 Å². The van der Waals surface area contributed by atoms with Gasteiger partial charge in [0.25, 0.3) is 0 Å². The Balaban J connectivity index is 1.68. The molecule has 0 aliphatic carbocycles. The highest BCUT2D eigenvalue weighted by Crippen LogP contribution is 2.35. The zero-order valence-electron chi connectivity index (χ0n) is 14.5. The third-order valence-electron chi connectivity index (χ3n) is 4.83. The molecular formula is C22H18ClFN2O. The molecular weight excluding hydrogens is 363 g/mol. The molecule has 0 saturated heterocycles. The molecule has 0 fully saturated rings. The van der Waals surface area contributed by atoms with E-state index in [1.165, 1.54) is 17.7 Å². The van der Waals surface area contributed by atoms with Gasteiger partial charge in [0, 0.05) is 17.3 Å². The second-order valence-electron chi connectivity index (χ2n) is 6.53. The summed E-state index contributed by atoms with van der Waals surface area (Å²) in [5, 5.41) is 3.53. The van der Waals surface area contributed by atoms with E-state index in [1.54, 1.807) is 12.1 Å². The number of rotatable bonds is 2. The van der Waals surface area contributed by atoms with Crippen molar-refractivity contribution in [3.8, 4) is 0 Å². The average molecular weight is 381 g/mol. The van der Waals surface area contributed by atoms with Crippen LogP contribution in [0.25, 0.3) is 0 Å². The number of nitrogens with zero attached hydrogens (tertiary/aromatic N) is 1. The van der Waals surface area contributed by atoms with Crippen molar-refractivity contribution in [1.29, 1.82) is 0 Å². The minimum atomic E-state index is -0.334. The Kier molecular flexibility index (Phi) is 4.82. The van der Waals surface area contributed by atoms with Crippen molar-refractivity contribution in [3.05, 3.63) is 100 Å². The monoisotopic (exact) mass is 380 g/mol. The number of anilines is 1. The highest BCUT2D eigenvalue weighted by Gasteiger charge is 2.31. The second-order valence-corrected chi connectivity index (χ2v) is 6.97. The van der Waals surface area contributed by atoms with Gasteiger partial charge in [-0.05, 0) is 59.5 Å². The van der Waals surface area contributed by atoms with Crippen molar-refractivity contribution in [1.82, 2.24) is 4.90 Å². The summed E-state index contributed by atoms with van der Waals surface area (Å²) >= 11 is 6.05. The molecule has 136 valence electrons. The molecule has 0 bridgehead atoms. The van der Waals surface area contributed by atoms with Crippen molar-refractivity contribution < 1.29 is 9.18 Å². The van der Waals surface area contributed by atoms with E-state index < -0.39 is 0 Å². The summed E-state index contributed by atoms with van der Waals surface area (Å²) in [4.78, 5) is 14.8. The third-order valence-corrected chi connectivity index (χ3v) is 5.08. The van der Waals surface area contributed by atoms with Crippen molar-refractivity contribution in [2.24, 2.45) is 0 Å². The van der Waals surface area contributed by atoms with Crippen LogP contribution in [0.5, 0.6) is 0 Å². The molecule has 1 aliphatic heterocycles. The molecule has 1 aliphatic rings. The lowest BCUT2D eigenvalue weighted by Gasteiger charge is -2.37. The molecule has 1 atom stereocenters. The minimum Gasteiger partial charge on any atom is -0.313 e. The van der Waals surface area contributed by atoms with Gasteiger partial charge in [-0.15, -0.1) is 0 Å². The van der Waals surface area contributed by atoms with Crippen LogP contribution in [0.15, 0.2) is 72.8 Å². The number of amides is 2. The van der Waals surface area contributed by atoms with Crippen LogP contribution in [0.1, 0.15) is 22.7 Å². The molecule has 1 heterocycles. The molecule has 3 aromatic carbocycles. The Hall–Kier alpha value is -2.85. The van der Waals surface area contributed by atoms with Gasteiger partial charge < -0.3 is 10.2 Å². The molecule has 3 nitrogen and oxygen atoms in total. The number of hydrogen-bond acceptors (Lipinski definition) is 1. The number of halogens is 2. The smallest absolute Gasteiger partial charge is 0.313 e. The lowest BCUT2D eigenvalue weighted by atomic mass is 9.88. The lowest BCUT2D eigenvalue weighted by Crippen LogP contribution is -2.43. The zero-order chi connectivity index (χ0) is 18.8. The van der Waals surface area contributed by atoms with Gasteiger partial charge in [-0.25, -0.2) is 9.18 Å². The Bertz CT molecular complexity index is 957. The van der Waals surface area contributed by atoms with Crippen molar-refractivity contribution in [2.75, 3.05) is 11.9 Å². The van der Waals surface area contributed by atoms with Crippen molar-refractivity contribution in [2.45, 2.75) is 12.5 Å². The highest BCUT2D eigenvalue weighted by molar-refractivity contribution is 6.30. The van der Waals surface area contributed by atoms with E-state index in [-0.39, 0.29) is 17.9 Å². The Morgan fingerprint density at radius 2 is 1.70 bits per heavy atom. The van der Waals surface area contributed by atoms with Gasteiger partial charge in [0.2, 0.25) is 0 Å². The molecule has 2 amide bonds. The van der Waals surface area contributed by atoms with Gasteiger partial charge in [-0.3, -0.25) is 0 Å². The van der Waals surface area contributed by atoms with Gasteiger partial charge in [-0.1, -0.05) is 48.0 Å². The average Bonchev–Trinajstić information content (AvgIpc) is 2.69. The third kappa shape index (κ3) is 3.67. The number of nitrogens with one attached hydrogen (secondary N) is 1. The standard InChI is InChI=1S/C22H18ClFN2O/c23-17-7-5-16(6-8-17)21-20-4-2-1-3-15(20)13-14-26(21)22(27)25-19-11-9-18(24)10-12-19/h1-12,21H,13-14H2,(H,25,27). The number of urea groups is 1. The SMILES string of the molecule is O=C(Nc1ccc(F)cc1)N1CCc2ccccc2C1c1ccc(Cl)cc1. The van der Waals surface area contributed by atoms with E-state index in [0.29, 0.717) is 17.3 Å². The molecule has 5 heteroatoms. The van der Waals surface area contributed by atoms with Gasteiger partial charge in [-0.2, -0.15) is 0 Å². The summed E-state index contributed by atoms with van der Waals surface area (Å²) in [7, 11) is 0. The fourth-order valence-corrected chi connectivity index (χ4v) is 3.64. The molecule has 0 aromatic heterocycles. The molecule has 3 aromatic rings. The molecule has 0 radical (unpaired) electrons. The lowest BCUT2D eigenvalue weighted by molar-refractivity contribution is 0.194. The van der Waals surface area contributed by atoms with Gasteiger partial charge >= 0.3 is 6.03 Å². The molecule has 1 N–H and O–H groups in total. The van der Waals surface area contributed by atoms with E-state index in [0.717, 1.165) is 17.5 Å². The molecule has 4 rings (SSSR count). The number of carbonyl (C=O) groups is 1. The minimum absolute atomic E-state index is 0.201. The number of benzene rings is 3. The van der Waals surface area contributed by atoms with Gasteiger partial charge in [0.15, 0.2) is 0 Å². The number of carbonyl (C=O) groups excluding carboxylic acids is 1. The largest absolute Gasteiger partial charge is 0.322 e. The molecule has 0 saturated carbocycles. The topological polar surface area (TPSA) is 32.3 Å². The van der Waals surface area contributed by atoms with Crippen molar-refractivity contribution >= 4 is 23.3 Å². The van der Waals surface area contributed by atoms with E-state index >= 15 is 0 Å². The summed E-state index contributed by atoms with van der Waals surface area (Å²) < 4.78 is 13.1. The van der Waals surface area contributed by atoms with Crippen LogP contribution in [0, 0.1) is 5.82 Å². The predicted octanol–water partition coefficient (Wildman–Crippen LogP) is 5.66. The Morgan fingerprint density at radius 1 is 1.00 bits per heavy atom. The van der Waals surface area contributed by atoms with Crippen LogP contribution in [-0.2, 0) is 6.42 Å². The van der Waals surface area contributed by atoms with E-state index in [2.05, 4.69) is 17.4 Å². The van der Waals surface area contributed by atoms with Crippen LogP contribution in [0.3, 0.4) is 0 Å². The fourth-order valence-electron chi connectivity index (χ4n) is 3.52.